The van der Waals surface area contributed by atoms with Crippen molar-refractivity contribution in [2.24, 2.45) is 16.9 Å². The van der Waals surface area contributed by atoms with Crippen LogP contribution in [-0.2, 0) is 57.2 Å². The molecule has 1 saturated carbocycles. The number of hydrogen-bond acceptors (Lipinski definition) is 14. The van der Waals surface area contributed by atoms with E-state index < -0.39 is 46.2 Å². The van der Waals surface area contributed by atoms with Crippen molar-refractivity contribution in [3.63, 3.8) is 0 Å². The number of hydrogen-bond donors (Lipinski definition) is 2. The molecular weight excluding hydrogens is 817 g/mol. The molecule has 1 aromatic rings. The number of imide groups is 1. The van der Waals surface area contributed by atoms with Crippen molar-refractivity contribution in [3.8, 4) is 0 Å². The molecule has 0 aromatic heterocycles. The molecule has 1 aliphatic carbocycles. The monoisotopic (exact) mass is 884 g/mol. The van der Waals surface area contributed by atoms with Gasteiger partial charge in [-0.05, 0) is 119 Å². The summed E-state index contributed by atoms with van der Waals surface area (Å²) >= 11 is 0. The SMILES string of the molecule is CC(=NNC(=O)C1CCC(CN2C(=O)C=CC2=O)CC1)c1ccc(C(=O)NC(COCCC(=O)OC(C)(C)C)(COCCC(=O)OC(C)(C)C)COCCC(=O)OC(C)(C)C)cc1. The second-order valence-electron chi connectivity index (χ2n) is 19.0. The third-order valence-corrected chi connectivity index (χ3v) is 9.58. The van der Waals surface area contributed by atoms with Crippen LogP contribution in [0.5, 0.6) is 0 Å². The number of nitrogens with one attached hydrogen (secondary N) is 2. The highest BCUT2D eigenvalue weighted by molar-refractivity contribution is 6.12. The quantitative estimate of drug-likeness (QED) is 0.0394. The van der Waals surface area contributed by atoms with Gasteiger partial charge in [-0.3, -0.25) is 38.5 Å². The third kappa shape index (κ3) is 19.9. The van der Waals surface area contributed by atoms with Crippen molar-refractivity contribution in [1.82, 2.24) is 15.6 Å². The predicted octanol–water partition coefficient (Wildman–Crippen LogP) is 4.97. The lowest BCUT2D eigenvalue weighted by Gasteiger charge is -2.34. The summed E-state index contributed by atoms with van der Waals surface area (Å²) in [6.07, 6.45) is 4.99. The smallest absolute Gasteiger partial charge is 0.308 e. The largest absolute Gasteiger partial charge is 0.460 e. The molecule has 3 rings (SSSR count). The number of hydrazone groups is 1. The highest BCUT2D eigenvalue weighted by Crippen LogP contribution is 2.30. The number of rotatable bonds is 22. The molecule has 0 radical (unpaired) electrons. The van der Waals surface area contributed by atoms with E-state index in [0.29, 0.717) is 43.5 Å². The maximum atomic E-state index is 13.9. The van der Waals surface area contributed by atoms with Crippen LogP contribution in [-0.4, -0.2) is 121 Å². The summed E-state index contributed by atoms with van der Waals surface area (Å²) in [5.41, 5.74) is 0.652. The lowest BCUT2D eigenvalue weighted by molar-refractivity contribution is -0.157. The first kappa shape index (κ1) is 52.3. The van der Waals surface area contributed by atoms with Gasteiger partial charge in [-0.15, -0.1) is 0 Å². The van der Waals surface area contributed by atoms with Gasteiger partial charge < -0.3 is 33.7 Å². The Balaban J connectivity index is 1.71. The van der Waals surface area contributed by atoms with Crippen molar-refractivity contribution in [2.75, 3.05) is 46.2 Å². The molecule has 0 unspecified atom stereocenters. The number of carbonyl (C=O) groups excluding carboxylic acids is 7. The molecule has 2 aliphatic rings. The van der Waals surface area contributed by atoms with Gasteiger partial charge in [-0.2, -0.15) is 5.10 Å². The number of esters is 3. The molecule has 1 aliphatic heterocycles. The molecule has 4 amide bonds. The van der Waals surface area contributed by atoms with Crippen LogP contribution in [0.3, 0.4) is 0 Å². The van der Waals surface area contributed by atoms with Crippen molar-refractivity contribution in [2.45, 2.75) is 137 Å². The lowest BCUT2D eigenvalue weighted by Crippen LogP contribution is -2.58. The van der Waals surface area contributed by atoms with E-state index in [0.717, 1.165) is 0 Å². The second kappa shape index (κ2) is 23.6. The Bertz CT molecular complexity index is 1710. The topological polar surface area (TPSA) is 215 Å². The molecule has 1 fully saturated rings. The Hall–Kier alpha value is -5.00. The molecular formula is C46H68N4O13. The van der Waals surface area contributed by atoms with Crippen molar-refractivity contribution >= 4 is 47.2 Å². The summed E-state index contributed by atoms with van der Waals surface area (Å²) < 4.78 is 34.1. The zero-order valence-corrected chi connectivity index (χ0v) is 38.7. The number of ether oxygens (including phenoxy) is 6. The van der Waals surface area contributed by atoms with E-state index in [9.17, 15) is 33.6 Å². The van der Waals surface area contributed by atoms with Crippen LogP contribution >= 0.6 is 0 Å². The molecule has 0 bridgehead atoms. The summed E-state index contributed by atoms with van der Waals surface area (Å²) in [5.74, 6) is -2.86. The van der Waals surface area contributed by atoms with Gasteiger partial charge in [-0.25, -0.2) is 5.43 Å². The molecule has 63 heavy (non-hydrogen) atoms. The van der Waals surface area contributed by atoms with Gasteiger partial charge in [0.2, 0.25) is 5.91 Å². The predicted molar refractivity (Wildman–Crippen MR) is 232 cm³/mol. The van der Waals surface area contributed by atoms with Gasteiger partial charge in [0.1, 0.15) is 22.3 Å². The first-order valence-electron chi connectivity index (χ1n) is 21.5. The van der Waals surface area contributed by atoms with Crippen LogP contribution < -0.4 is 10.7 Å². The molecule has 0 spiro atoms. The second-order valence-corrected chi connectivity index (χ2v) is 19.0. The Morgan fingerprint density at radius 2 is 1.03 bits per heavy atom. The first-order valence-corrected chi connectivity index (χ1v) is 21.5. The Kier molecular flexibility index (Phi) is 19.6. The Morgan fingerprint density at radius 1 is 0.635 bits per heavy atom. The van der Waals surface area contributed by atoms with Crippen LogP contribution in [0, 0.1) is 11.8 Å². The maximum Gasteiger partial charge on any atom is 0.308 e. The number of benzene rings is 1. The summed E-state index contributed by atoms with van der Waals surface area (Å²) in [6.45, 7) is 17.2. The molecule has 1 aromatic carbocycles. The van der Waals surface area contributed by atoms with Crippen molar-refractivity contribution < 1.29 is 62.0 Å². The Morgan fingerprint density at radius 3 is 1.43 bits per heavy atom. The van der Waals surface area contributed by atoms with E-state index >= 15 is 0 Å². The van der Waals surface area contributed by atoms with E-state index in [1.807, 2.05) is 0 Å². The summed E-state index contributed by atoms with van der Waals surface area (Å²) in [6, 6.07) is 6.57. The van der Waals surface area contributed by atoms with Crippen LogP contribution in [0.1, 0.15) is 130 Å². The van der Waals surface area contributed by atoms with Crippen molar-refractivity contribution in [3.05, 3.63) is 47.5 Å². The average molecular weight is 885 g/mol. The van der Waals surface area contributed by atoms with Gasteiger partial charge in [0.05, 0.1) is 64.6 Å². The van der Waals surface area contributed by atoms with Gasteiger partial charge in [0.15, 0.2) is 0 Å². The zero-order valence-electron chi connectivity index (χ0n) is 38.7. The Labute approximate surface area is 371 Å². The fraction of sp³-hybridized carbons (Fsp3) is 0.652. The molecule has 350 valence electrons. The van der Waals surface area contributed by atoms with Crippen LogP contribution in [0.4, 0.5) is 0 Å². The number of amides is 4. The highest BCUT2D eigenvalue weighted by Gasteiger charge is 2.35. The standard InChI is InChI=1S/C46H68N4O13/c1-31(48-49-42(57)35-13-11-32(12-14-35)27-50-36(51)19-20-37(50)52)33-15-17-34(18-16-33)41(56)47-46(28-58-24-21-38(53)61-43(2,3)4,29-59-25-22-39(54)62-44(5,6)7)30-60-26-23-40(55)63-45(8,9)10/h15-20,32,35H,11-14,21-30H2,1-10H3,(H,47,56)(H,49,57). The van der Waals surface area contributed by atoms with E-state index in [1.165, 1.54) is 17.1 Å². The van der Waals surface area contributed by atoms with Gasteiger partial charge in [-0.1, -0.05) is 12.1 Å². The van der Waals surface area contributed by atoms with E-state index in [1.54, 1.807) is 93.5 Å². The number of carbonyl (C=O) groups is 7. The normalized spacial score (nSPS) is 17.4. The molecule has 0 atom stereocenters. The highest BCUT2D eigenvalue weighted by atomic mass is 16.6. The molecule has 0 saturated heterocycles. The van der Waals surface area contributed by atoms with Crippen LogP contribution in [0.25, 0.3) is 0 Å². The molecule has 2 N–H and O–H groups in total. The fourth-order valence-corrected chi connectivity index (χ4v) is 6.63. The summed E-state index contributed by atoms with van der Waals surface area (Å²) in [7, 11) is 0. The van der Waals surface area contributed by atoms with E-state index in [-0.39, 0.29) is 94.0 Å². The molecule has 1 heterocycles. The third-order valence-electron chi connectivity index (χ3n) is 9.58. The van der Waals surface area contributed by atoms with E-state index in [2.05, 4.69) is 15.8 Å². The molecule has 17 heteroatoms. The van der Waals surface area contributed by atoms with Gasteiger partial charge in [0, 0.05) is 30.2 Å². The van der Waals surface area contributed by atoms with Crippen LogP contribution in [0.15, 0.2) is 41.5 Å². The first-order chi connectivity index (χ1) is 29.3. The van der Waals surface area contributed by atoms with Gasteiger partial charge in [0.25, 0.3) is 17.7 Å². The molecule has 17 nitrogen and oxygen atoms in total. The lowest BCUT2D eigenvalue weighted by atomic mass is 9.81. The fourth-order valence-electron chi connectivity index (χ4n) is 6.63. The minimum atomic E-state index is -1.37. The summed E-state index contributed by atoms with van der Waals surface area (Å²) in [4.78, 5) is 89.4. The minimum Gasteiger partial charge on any atom is -0.460 e. The van der Waals surface area contributed by atoms with E-state index in [4.69, 9.17) is 28.4 Å². The average Bonchev–Trinajstić information content (AvgIpc) is 3.49. The minimum absolute atomic E-state index is 0.0472. The summed E-state index contributed by atoms with van der Waals surface area (Å²) in [5, 5.41) is 7.30. The van der Waals surface area contributed by atoms with Crippen LogP contribution in [0.2, 0.25) is 0 Å². The van der Waals surface area contributed by atoms with Crippen molar-refractivity contribution in [1.29, 1.82) is 0 Å². The zero-order chi connectivity index (χ0) is 47.0. The van der Waals surface area contributed by atoms with Gasteiger partial charge >= 0.3 is 17.9 Å². The maximum absolute atomic E-state index is 13.9. The number of nitrogens with zero attached hydrogens (tertiary/aromatic N) is 2.